The number of hydrogen-bond acceptors (Lipinski definition) is 6. The van der Waals surface area contributed by atoms with Gasteiger partial charge in [-0.25, -0.2) is 17.7 Å². The smallest absolute Gasteiger partial charge is 0.223 e. The van der Waals surface area contributed by atoms with Gasteiger partial charge < -0.3 is 5.32 Å². The molecule has 0 atom stereocenters. The molecule has 10 heteroatoms. The molecule has 1 aromatic heterocycles. The largest absolute Gasteiger partial charge is 0.355 e. The maximum Gasteiger partial charge on any atom is 0.223 e. The Morgan fingerprint density at radius 1 is 1.29 bits per heavy atom. The standard InChI is InChI=1S/C18H25N5O3S2/c1-2-28(25,26)23-11-8-15(9-12-23)17(24)19-10-13-27-18-20-16(21-22-18)14-6-4-3-5-7-14/h3-7,15H,2,8-13H2,1H3,(H,19,24)(H,20,21,22). The number of amides is 1. The number of sulfonamides is 1. The van der Waals surface area contributed by atoms with E-state index in [0.717, 1.165) is 11.4 Å². The van der Waals surface area contributed by atoms with E-state index in [0.29, 0.717) is 43.4 Å². The number of H-pyrrole nitrogens is 1. The van der Waals surface area contributed by atoms with Gasteiger partial charge in [-0.15, -0.1) is 5.10 Å². The molecule has 2 aromatic rings. The molecule has 2 heterocycles. The van der Waals surface area contributed by atoms with Crippen LogP contribution in [-0.2, 0) is 14.8 Å². The fraction of sp³-hybridized carbons (Fsp3) is 0.500. The first-order valence-corrected chi connectivity index (χ1v) is 11.9. The van der Waals surface area contributed by atoms with Gasteiger partial charge in [-0.1, -0.05) is 42.1 Å². The third-order valence-corrected chi connectivity index (χ3v) is 7.46. The van der Waals surface area contributed by atoms with Crippen molar-refractivity contribution < 1.29 is 13.2 Å². The van der Waals surface area contributed by atoms with Crippen molar-refractivity contribution in [3.05, 3.63) is 30.3 Å². The van der Waals surface area contributed by atoms with Crippen molar-refractivity contribution in [2.75, 3.05) is 31.1 Å². The molecular formula is C18H25N5O3S2. The van der Waals surface area contributed by atoms with E-state index in [2.05, 4.69) is 20.5 Å². The lowest BCUT2D eigenvalue weighted by Crippen LogP contribution is -2.43. The van der Waals surface area contributed by atoms with Crippen molar-refractivity contribution in [3.8, 4) is 11.4 Å². The number of nitrogens with zero attached hydrogens (tertiary/aromatic N) is 3. The van der Waals surface area contributed by atoms with Crippen LogP contribution in [-0.4, -0.2) is 65.0 Å². The van der Waals surface area contributed by atoms with Crippen molar-refractivity contribution in [2.24, 2.45) is 5.92 Å². The highest BCUT2D eigenvalue weighted by molar-refractivity contribution is 7.99. The summed E-state index contributed by atoms with van der Waals surface area (Å²) in [5, 5.41) is 10.7. The van der Waals surface area contributed by atoms with E-state index in [1.54, 1.807) is 6.92 Å². The number of aromatic amines is 1. The lowest BCUT2D eigenvalue weighted by molar-refractivity contribution is -0.125. The molecule has 152 valence electrons. The molecule has 1 amide bonds. The molecule has 1 aliphatic rings. The van der Waals surface area contributed by atoms with Crippen LogP contribution in [0.1, 0.15) is 19.8 Å². The summed E-state index contributed by atoms with van der Waals surface area (Å²) < 4.78 is 25.2. The van der Waals surface area contributed by atoms with Crippen LogP contribution in [0.15, 0.2) is 35.5 Å². The first-order valence-electron chi connectivity index (χ1n) is 9.35. The summed E-state index contributed by atoms with van der Waals surface area (Å²) in [6, 6.07) is 9.77. The fourth-order valence-electron chi connectivity index (χ4n) is 3.08. The SMILES string of the molecule is CCS(=O)(=O)N1CCC(C(=O)NCCSc2n[nH]c(-c3ccccc3)n2)CC1. The second kappa shape index (κ2) is 9.53. The second-order valence-electron chi connectivity index (χ2n) is 6.55. The van der Waals surface area contributed by atoms with Gasteiger partial charge in [-0.3, -0.25) is 9.89 Å². The summed E-state index contributed by atoms with van der Waals surface area (Å²) in [4.78, 5) is 16.7. The molecule has 0 spiro atoms. The Hall–Kier alpha value is -1.91. The van der Waals surface area contributed by atoms with Gasteiger partial charge in [0.25, 0.3) is 0 Å². The predicted molar refractivity (Wildman–Crippen MR) is 109 cm³/mol. The molecule has 0 unspecified atom stereocenters. The molecule has 28 heavy (non-hydrogen) atoms. The van der Waals surface area contributed by atoms with Crippen LogP contribution in [0.4, 0.5) is 0 Å². The molecule has 0 bridgehead atoms. The van der Waals surface area contributed by atoms with Crippen molar-refractivity contribution in [3.63, 3.8) is 0 Å². The Bertz CT molecular complexity index is 878. The van der Waals surface area contributed by atoms with Gasteiger partial charge in [-0.2, -0.15) is 0 Å². The molecule has 0 radical (unpaired) electrons. The van der Waals surface area contributed by atoms with Crippen molar-refractivity contribution in [1.29, 1.82) is 0 Å². The third-order valence-electron chi connectivity index (χ3n) is 4.73. The Labute approximate surface area is 169 Å². The molecular weight excluding hydrogens is 398 g/mol. The summed E-state index contributed by atoms with van der Waals surface area (Å²) in [5.41, 5.74) is 0.978. The zero-order valence-electron chi connectivity index (χ0n) is 15.8. The Morgan fingerprint density at radius 2 is 2.00 bits per heavy atom. The van der Waals surface area contributed by atoms with E-state index < -0.39 is 10.0 Å². The van der Waals surface area contributed by atoms with Crippen LogP contribution in [0.2, 0.25) is 0 Å². The van der Waals surface area contributed by atoms with Crippen LogP contribution < -0.4 is 5.32 Å². The number of carbonyl (C=O) groups is 1. The van der Waals surface area contributed by atoms with Gasteiger partial charge in [0.05, 0.1) is 5.75 Å². The average Bonchev–Trinajstić information content (AvgIpc) is 3.21. The molecule has 1 aromatic carbocycles. The monoisotopic (exact) mass is 423 g/mol. The fourth-order valence-corrected chi connectivity index (χ4v) is 4.86. The zero-order valence-corrected chi connectivity index (χ0v) is 17.4. The number of benzene rings is 1. The summed E-state index contributed by atoms with van der Waals surface area (Å²) >= 11 is 1.48. The molecule has 3 rings (SSSR count). The van der Waals surface area contributed by atoms with E-state index >= 15 is 0 Å². The molecule has 0 aliphatic carbocycles. The summed E-state index contributed by atoms with van der Waals surface area (Å²) in [6.07, 6.45) is 1.14. The average molecular weight is 424 g/mol. The first kappa shape index (κ1) is 20.8. The van der Waals surface area contributed by atoms with E-state index in [1.165, 1.54) is 16.1 Å². The number of thioether (sulfide) groups is 1. The van der Waals surface area contributed by atoms with Gasteiger partial charge in [0.2, 0.25) is 21.1 Å². The lowest BCUT2D eigenvalue weighted by Gasteiger charge is -2.30. The van der Waals surface area contributed by atoms with Crippen molar-refractivity contribution in [2.45, 2.75) is 24.9 Å². The van der Waals surface area contributed by atoms with Crippen LogP contribution in [0.25, 0.3) is 11.4 Å². The van der Waals surface area contributed by atoms with Crippen molar-refractivity contribution >= 4 is 27.7 Å². The number of carbonyl (C=O) groups excluding carboxylic acids is 1. The zero-order chi connectivity index (χ0) is 20.0. The number of aromatic nitrogens is 3. The highest BCUT2D eigenvalue weighted by atomic mass is 32.2. The van der Waals surface area contributed by atoms with Gasteiger partial charge in [-0.05, 0) is 19.8 Å². The van der Waals surface area contributed by atoms with E-state index in [-0.39, 0.29) is 17.6 Å². The molecule has 2 N–H and O–H groups in total. The van der Waals surface area contributed by atoms with Crippen LogP contribution in [0.5, 0.6) is 0 Å². The number of piperidine rings is 1. The summed E-state index contributed by atoms with van der Waals surface area (Å²) in [5.74, 6) is 1.37. The highest BCUT2D eigenvalue weighted by Crippen LogP contribution is 2.21. The normalized spacial score (nSPS) is 16.2. The molecule has 1 aliphatic heterocycles. The Morgan fingerprint density at radius 3 is 2.68 bits per heavy atom. The molecule has 8 nitrogen and oxygen atoms in total. The molecule has 0 saturated carbocycles. The predicted octanol–water partition coefficient (Wildman–Crippen LogP) is 1.74. The lowest BCUT2D eigenvalue weighted by atomic mass is 9.97. The van der Waals surface area contributed by atoms with Crippen molar-refractivity contribution in [1.82, 2.24) is 24.8 Å². The van der Waals surface area contributed by atoms with Crippen LogP contribution >= 0.6 is 11.8 Å². The highest BCUT2D eigenvalue weighted by Gasteiger charge is 2.29. The van der Waals surface area contributed by atoms with Gasteiger partial charge in [0.1, 0.15) is 0 Å². The topological polar surface area (TPSA) is 108 Å². The Balaban J connectivity index is 1.38. The minimum absolute atomic E-state index is 0.00546. The molecule has 1 fully saturated rings. The minimum atomic E-state index is -3.16. The number of rotatable bonds is 8. The van der Waals surface area contributed by atoms with Gasteiger partial charge in [0, 0.05) is 36.9 Å². The van der Waals surface area contributed by atoms with Gasteiger partial charge >= 0.3 is 0 Å². The van der Waals surface area contributed by atoms with E-state index in [1.807, 2.05) is 30.3 Å². The quantitative estimate of drug-likeness (QED) is 0.495. The molecule has 1 saturated heterocycles. The second-order valence-corrected chi connectivity index (χ2v) is 9.87. The first-order chi connectivity index (χ1) is 13.5. The van der Waals surface area contributed by atoms with Crippen LogP contribution in [0, 0.1) is 5.92 Å². The Kier molecular flexibility index (Phi) is 7.08. The van der Waals surface area contributed by atoms with Crippen LogP contribution in [0.3, 0.4) is 0 Å². The summed E-state index contributed by atoms with van der Waals surface area (Å²) in [6.45, 7) is 3.00. The maximum absolute atomic E-state index is 12.3. The number of hydrogen-bond donors (Lipinski definition) is 2. The summed E-state index contributed by atoms with van der Waals surface area (Å²) in [7, 11) is -3.16. The van der Waals surface area contributed by atoms with E-state index in [4.69, 9.17) is 0 Å². The minimum Gasteiger partial charge on any atom is -0.355 e. The third kappa shape index (κ3) is 5.33. The number of nitrogens with one attached hydrogen (secondary N) is 2. The van der Waals surface area contributed by atoms with Gasteiger partial charge in [0.15, 0.2) is 5.82 Å². The van der Waals surface area contributed by atoms with E-state index in [9.17, 15) is 13.2 Å². The maximum atomic E-state index is 12.3.